The van der Waals surface area contributed by atoms with Crippen molar-refractivity contribution in [3.05, 3.63) is 47.0 Å². The van der Waals surface area contributed by atoms with Crippen LogP contribution >= 0.6 is 12.4 Å². The quantitative estimate of drug-likeness (QED) is 0.691. The number of H-pyrrole nitrogens is 1. The molecule has 0 fully saturated rings. The Morgan fingerprint density at radius 2 is 2.12 bits per heavy atom. The molecule has 0 spiro atoms. The summed E-state index contributed by atoms with van der Waals surface area (Å²) in [5.74, 6) is 0.152. The molecule has 1 aromatic carbocycles. The second kappa shape index (κ2) is 8.65. The first-order chi connectivity index (χ1) is 11.2. The minimum atomic E-state index is -0.290. The Balaban J connectivity index is 0.00000208. The van der Waals surface area contributed by atoms with Crippen LogP contribution in [-0.4, -0.2) is 35.8 Å². The fourth-order valence-corrected chi connectivity index (χ4v) is 2.49. The maximum absolute atomic E-state index is 12.8. The van der Waals surface area contributed by atoms with Crippen LogP contribution in [0.4, 0.5) is 4.39 Å². The van der Waals surface area contributed by atoms with E-state index >= 15 is 0 Å². The molecule has 2 heterocycles. The Hall–Kier alpha value is -2.12. The number of aromatic amines is 1. The number of rotatable bonds is 6. The summed E-state index contributed by atoms with van der Waals surface area (Å²) < 4.78 is 18.2. The van der Waals surface area contributed by atoms with Gasteiger partial charge in [-0.25, -0.2) is 4.39 Å². The molecule has 1 aliphatic rings. The number of hydrogen-bond acceptors (Lipinski definition) is 4. The number of amides is 1. The third-order valence-electron chi connectivity index (χ3n) is 3.71. The highest BCUT2D eigenvalue weighted by Crippen LogP contribution is 2.15. The van der Waals surface area contributed by atoms with Crippen LogP contribution in [-0.2, 0) is 13.0 Å². The van der Waals surface area contributed by atoms with Gasteiger partial charge in [-0.1, -0.05) is 0 Å². The predicted octanol–water partition coefficient (Wildman–Crippen LogP) is 1.82. The van der Waals surface area contributed by atoms with Crippen LogP contribution in [0.2, 0.25) is 0 Å². The average molecular weight is 355 g/mol. The third kappa shape index (κ3) is 4.46. The zero-order valence-corrected chi connectivity index (χ0v) is 13.9. The highest BCUT2D eigenvalue weighted by atomic mass is 35.5. The van der Waals surface area contributed by atoms with Gasteiger partial charge in [-0.2, -0.15) is 5.10 Å². The van der Waals surface area contributed by atoms with Gasteiger partial charge in [-0.15, -0.1) is 12.4 Å². The van der Waals surface area contributed by atoms with E-state index in [9.17, 15) is 9.18 Å². The van der Waals surface area contributed by atoms with Gasteiger partial charge in [-0.3, -0.25) is 9.89 Å². The van der Waals surface area contributed by atoms with Gasteiger partial charge in [0.15, 0.2) is 5.69 Å². The second-order valence-electron chi connectivity index (χ2n) is 5.37. The van der Waals surface area contributed by atoms with Gasteiger partial charge in [-0.05, 0) is 30.7 Å². The van der Waals surface area contributed by atoms with Crippen molar-refractivity contribution in [3.63, 3.8) is 0 Å². The Kier molecular flexibility index (Phi) is 6.57. The smallest absolute Gasteiger partial charge is 0.272 e. The van der Waals surface area contributed by atoms with Crippen LogP contribution in [0.3, 0.4) is 0 Å². The Labute approximate surface area is 145 Å². The van der Waals surface area contributed by atoms with Crippen molar-refractivity contribution in [2.45, 2.75) is 19.4 Å². The standard InChI is InChI=1S/C16H19FN4O2.ClH/c17-11-2-4-12(5-3-11)23-9-1-7-19-16(22)15-13-10-18-8-6-14(13)20-21-15;/h2-5,18H,1,6-10H2,(H,19,22)(H,20,21);1H. The molecular formula is C16H20ClFN4O2. The van der Waals surface area contributed by atoms with Crippen molar-refractivity contribution in [3.8, 4) is 5.75 Å². The summed E-state index contributed by atoms with van der Waals surface area (Å²) in [7, 11) is 0. The first kappa shape index (κ1) is 18.2. The van der Waals surface area contributed by atoms with Gasteiger partial charge in [0, 0.05) is 37.3 Å². The van der Waals surface area contributed by atoms with Gasteiger partial charge in [0.1, 0.15) is 11.6 Å². The van der Waals surface area contributed by atoms with E-state index in [0.29, 0.717) is 37.6 Å². The van der Waals surface area contributed by atoms with Crippen molar-refractivity contribution >= 4 is 18.3 Å². The number of carbonyl (C=O) groups is 1. The summed E-state index contributed by atoms with van der Waals surface area (Å²) in [5.41, 5.74) is 2.46. The lowest BCUT2D eigenvalue weighted by molar-refractivity contribution is 0.0945. The van der Waals surface area contributed by atoms with Crippen LogP contribution in [0.15, 0.2) is 24.3 Å². The predicted molar refractivity (Wildman–Crippen MR) is 90.1 cm³/mol. The van der Waals surface area contributed by atoms with Crippen LogP contribution in [0.1, 0.15) is 28.2 Å². The Morgan fingerprint density at radius 3 is 2.92 bits per heavy atom. The molecular weight excluding hydrogens is 335 g/mol. The van der Waals surface area contributed by atoms with Crippen molar-refractivity contribution in [1.29, 1.82) is 0 Å². The fraction of sp³-hybridized carbons (Fsp3) is 0.375. The van der Waals surface area contributed by atoms with E-state index < -0.39 is 0 Å². The number of aromatic nitrogens is 2. The normalized spacial score (nSPS) is 12.9. The number of hydrogen-bond donors (Lipinski definition) is 3. The van der Waals surface area contributed by atoms with E-state index in [1.165, 1.54) is 12.1 Å². The second-order valence-corrected chi connectivity index (χ2v) is 5.37. The summed E-state index contributed by atoms with van der Waals surface area (Å²) in [4.78, 5) is 12.1. The molecule has 3 N–H and O–H groups in total. The molecule has 1 amide bonds. The first-order valence-corrected chi connectivity index (χ1v) is 7.67. The van der Waals surface area contributed by atoms with Gasteiger partial charge >= 0.3 is 0 Å². The van der Waals surface area contributed by atoms with Gasteiger partial charge in [0.05, 0.1) is 6.61 Å². The highest BCUT2D eigenvalue weighted by molar-refractivity contribution is 5.94. The number of ether oxygens (including phenoxy) is 1. The molecule has 1 aromatic heterocycles. The van der Waals surface area contributed by atoms with E-state index in [-0.39, 0.29) is 24.1 Å². The number of fused-ring (bicyclic) bond motifs is 1. The summed E-state index contributed by atoms with van der Waals surface area (Å²) in [6.07, 6.45) is 1.52. The molecule has 0 unspecified atom stereocenters. The summed E-state index contributed by atoms with van der Waals surface area (Å²) in [6, 6.07) is 5.87. The van der Waals surface area contributed by atoms with Crippen LogP contribution in [0.25, 0.3) is 0 Å². The molecule has 0 atom stereocenters. The lowest BCUT2D eigenvalue weighted by Crippen LogP contribution is -2.29. The van der Waals surface area contributed by atoms with E-state index in [1.54, 1.807) is 12.1 Å². The Morgan fingerprint density at radius 1 is 1.33 bits per heavy atom. The molecule has 0 bridgehead atoms. The molecule has 3 rings (SSSR count). The highest BCUT2D eigenvalue weighted by Gasteiger charge is 2.20. The maximum Gasteiger partial charge on any atom is 0.272 e. The lowest BCUT2D eigenvalue weighted by Gasteiger charge is -2.12. The molecule has 2 aromatic rings. The van der Waals surface area contributed by atoms with Crippen LogP contribution in [0.5, 0.6) is 5.75 Å². The molecule has 130 valence electrons. The number of halogens is 2. The van der Waals surface area contributed by atoms with E-state index in [4.69, 9.17) is 4.74 Å². The molecule has 8 heteroatoms. The molecule has 24 heavy (non-hydrogen) atoms. The lowest BCUT2D eigenvalue weighted by atomic mass is 10.1. The molecule has 1 aliphatic heterocycles. The third-order valence-corrected chi connectivity index (χ3v) is 3.71. The van der Waals surface area contributed by atoms with E-state index in [0.717, 1.165) is 24.2 Å². The monoisotopic (exact) mass is 354 g/mol. The number of benzene rings is 1. The summed E-state index contributed by atoms with van der Waals surface area (Å²) in [5, 5.41) is 13.1. The fourth-order valence-electron chi connectivity index (χ4n) is 2.49. The molecule has 0 aliphatic carbocycles. The van der Waals surface area contributed by atoms with Crippen molar-refractivity contribution in [2.75, 3.05) is 19.7 Å². The minimum absolute atomic E-state index is 0. The van der Waals surface area contributed by atoms with Crippen molar-refractivity contribution < 1.29 is 13.9 Å². The average Bonchev–Trinajstić information content (AvgIpc) is 3.00. The van der Waals surface area contributed by atoms with Gasteiger partial charge < -0.3 is 15.4 Å². The number of nitrogens with zero attached hydrogens (tertiary/aromatic N) is 1. The van der Waals surface area contributed by atoms with E-state index in [2.05, 4.69) is 20.8 Å². The molecule has 0 saturated heterocycles. The summed E-state index contributed by atoms with van der Waals surface area (Å²) >= 11 is 0. The zero-order valence-electron chi connectivity index (χ0n) is 13.1. The van der Waals surface area contributed by atoms with Crippen molar-refractivity contribution in [2.24, 2.45) is 0 Å². The van der Waals surface area contributed by atoms with Crippen LogP contribution in [0, 0.1) is 5.82 Å². The van der Waals surface area contributed by atoms with Crippen molar-refractivity contribution in [1.82, 2.24) is 20.8 Å². The topological polar surface area (TPSA) is 79.0 Å². The van der Waals surface area contributed by atoms with Gasteiger partial charge in [0.25, 0.3) is 5.91 Å². The first-order valence-electron chi connectivity index (χ1n) is 7.67. The van der Waals surface area contributed by atoms with Gasteiger partial charge in [0.2, 0.25) is 0 Å². The zero-order chi connectivity index (χ0) is 16.1. The molecule has 0 radical (unpaired) electrons. The summed E-state index contributed by atoms with van der Waals surface area (Å²) in [6.45, 7) is 2.51. The SMILES string of the molecule is Cl.O=C(NCCCOc1ccc(F)cc1)c1n[nH]c2c1CNCC2. The minimum Gasteiger partial charge on any atom is -0.494 e. The number of nitrogens with one attached hydrogen (secondary N) is 3. The van der Waals surface area contributed by atoms with E-state index in [1.807, 2.05) is 0 Å². The molecule has 0 saturated carbocycles. The molecule has 6 nitrogen and oxygen atoms in total. The maximum atomic E-state index is 12.8. The largest absolute Gasteiger partial charge is 0.494 e. The Bertz CT molecular complexity index is 675. The number of carbonyl (C=O) groups excluding carboxylic acids is 1. The van der Waals surface area contributed by atoms with Crippen LogP contribution < -0.4 is 15.4 Å².